The summed E-state index contributed by atoms with van der Waals surface area (Å²) in [6, 6.07) is 3.52. The van der Waals surface area contributed by atoms with Crippen LogP contribution in [0, 0.1) is 15.9 Å². The van der Waals surface area contributed by atoms with Crippen LogP contribution in [0.2, 0.25) is 0 Å². The zero-order valence-electron chi connectivity index (χ0n) is 10.9. The Bertz CT molecular complexity index is 461. The second-order valence-corrected chi connectivity index (χ2v) is 4.97. The number of likely N-dealkylation sites (tertiary alicyclic amines) is 1. The molecule has 0 aromatic heterocycles. The zero-order valence-corrected chi connectivity index (χ0v) is 10.9. The summed E-state index contributed by atoms with van der Waals surface area (Å²) >= 11 is 0. The number of rotatable bonds is 5. The van der Waals surface area contributed by atoms with Crippen molar-refractivity contribution >= 4 is 11.4 Å². The van der Waals surface area contributed by atoms with Crippen molar-refractivity contribution in [2.45, 2.75) is 25.8 Å². The van der Waals surface area contributed by atoms with Crippen LogP contribution >= 0.6 is 0 Å². The van der Waals surface area contributed by atoms with Crippen LogP contribution < -0.4 is 5.32 Å². The van der Waals surface area contributed by atoms with Gasteiger partial charge in [0.1, 0.15) is 11.5 Å². The molecule has 6 heteroatoms. The molecule has 1 heterocycles. The highest BCUT2D eigenvalue weighted by atomic mass is 19.1. The quantitative estimate of drug-likeness (QED) is 0.658. The number of anilines is 1. The topological polar surface area (TPSA) is 58.4 Å². The summed E-state index contributed by atoms with van der Waals surface area (Å²) in [5.41, 5.74) is 0.159. The lowest BCUT2D eigenvalue weighted by atomic mass is 10.2. The van der Waals surface area contributed by atoms with Crippen LogP contribution in [-0.2, 0) is 0 Å². The van der Waals surface area contributed by atoms with Gasteiger partial charge in [0.05, 0.1) is 4.92 Å². The lowest BCUT2D eigenvalue weighted by Gasteiger charge is -2.21. The summed E-state index contributed by atoms with van der Waals surface area (Å²) in [6.07, 6.45) is 2.40. The number of halogens is 1. The molecule has 1 aliphatic rings. The number of hydrogen-bond acceptors (Lipinski definition) is 4. The van der Waals surface area contributed by atoms with Gasteiger partial charge in [0.25, 0.3) is 5.69 Å². The fraction of sp³-hybridized carbons (Fsp3) is 0.538. The normalized spacial score (nSPS) is 17.4. The third-order valence-corrected chi connectivity index (χ3v) is 3.29. The molecule has 1 atom stereocenters. The van der Waals surface area contributed by atoms with Crippen LogP contribution in [0.3, 0.4) is 0 Å². The van der Waals surface area contributed by atoms with E-state index in [1.54, 1.807) is 0 Å². The first kappa shape index (κ1) is 13.7. The second-order valence-electron chi connectivity index (χ2n) is 4.97. The van der Waals surface area contributed by atoms with Crippen molar-refractivity contribution in [3.05, 3.63) is 34.1 Å². The first-order chi connectivity index (χ1) is 9.06. The number of benzene rings is 1. The van der Waals surface area contributed by atoms with Crippen LogP contribution in [0.4, 0.5) is 15.8 Å². The van der Waals surface area contributed by atoms with Gasteiger partial charge in [0.15, 0.2) is 0 Å². The highest BCUT2D eigenvalue weighted by Gasteiger charge is 2.19. The molecule has 0 spiro atoms. The molecule has 1 aromatic carbocycles. The van der Waals surface area contributed by atoms with Crippen molar-refractivity contribution in [1.29, 1.82) is 0 Å². The van der Waals surface area contributed by atoms with Crippen molar-refractivity contribution in [2.24, 2.45) is 0 Å². The molecule has 1 aromatic rings. The van der Waals surface area contributed by atoms with Crippen LogP contribution in [0.25, 0.3) is 0 Å². The van der Waals surface area contributed by atoms with Gasteiger partial charge < -0.3 is 10.2 Å². The van der Waals surface area contributed by atoms with Crippen LogP contribution in [-0.4, -0.2) is 35.5 Å². The molecule has 1 N–H and O–H groups in total. The fourth-order valence-electron chi connectivity index (χ4n) is 2.45. The van der Waals surface area contributed by atoms with E-state index in [4.69, 9.17) is 0 Å². The Balaban J connectivity index is 2.04. The fourth-order valence-corrected chi connectivity index (χ4v) is 2.45. The van der Waals surface area contributed by atoms with E-state index in [9.17, 15) is 14.5 Å². The molecule has 19 heavy (non-hydrogen) atoms. The minimum absolute atomic E-state index is 0.0404. The van der Waals surface area contributed by atoms with Crippen molar-refractivity contribution < 1.29 is 9.31 Å². The number of nitro groups is 1. The number of nitrogens with zero attached hydrogens (tertiary/aromatic N) is 2. The van der Waals surface area contributed by atoms with E-state index in [1.165, 1.54) is 25.0 Å². The van der Waals surface area contributed by atoms with Gasteiger partial charge in [-0.3, -0.25) is 10.1 Å². The molecule has 0 bridgehead atoms. The number of nitrogens with one attached hydrogen (secondary N) is 1. The lowest BCUT2D eigenvalue weighted by Crippen LogP contribution is -2.33. The average molecular weight is 267 g/mol. The maximum absolute atomic E-state index is 13.2. The predicted octanol–water partition coefficient (Wildman–Crippen LogP) is 2.63. The Morgan fingerprint density at radius 2 is 2.16 bits per heavy atom. The Labute approximate surface area is 111 Å². The Hall–Kier alpha value is -1.69. The third kappa shape index (κ3) is 3.64. The van der Waals surface area contributed by atoms with E-state index >= 15 is 0 Å². The number of nitro benzene ring substituents is 1. The minimum Gasteiger partial charge on any atom is -0.376 e. The minimum atomic E-state index is -0.496. The van der Waals surface area contributed by atoms with Gasteiger partial charge in [-0.05, 0) is 38.9 Å². The summed E-state index contributed by atoms with van der Waals surface area (Å²) < 4.78 is 13.2. The predicted molar refractivity (Wildman–Crippen MR) is 71.8 cm³/mol. The molecule has 1 aliphatic heterocycles. The highest BCUT2D eigenvalue weighted by Crippen LogP contribution is 2.25. The SMILES string of the molecule is CC(CN1CCCC1)Nc1cc(F)ccc1[N+](=O)[O-]. The maximum atomic E-state index is 13.2. The maximum Gasteiger partial charge on any atom is 0.292 e. The summed E-state index contributed by atoms with van der Waals surface area (Å²) in [7, 11) is 0. The first-order valence-corrected chi connectivity index (χ1v) is 6.49. The van der Waals surface area contributed by atoms with E-state index in [0.717, 1.165) is 25.7 Å². The smallest absolute Gasteiger partial charge is 0.292 e. The van der Waals surface area contributed by atoms with Crippen LogP contribution in [0.5, 0.6) is 0 Å². The Morgan fingerprint density at radius 3 is 2.79 bits per heavy atom. The molecule has 5 nitrogen and oxygen atoms in total. The standard InChI is InChI=1S/C13H18FN3O2/c1-10(9-16-6-2-3-7-16)15-12-8-11(14)4-5-13(12)17(18)19/h4-5,8,10,15H,2-3,6-7,9H2,1H3. The van der Waals surface area contributed by atoms with E-state index < -0.39 is 10.7 Å². The van der Waals surface area contributed by atoms with Gasteiger partial charge in [-0.1, -0.05) is 0 Å². The Kier molecular flexibility index (Phi) is 4.31. The van der Waals surface area contributed by atoms with Gasteiger partial charge >= 0.3 is 0 Å². The largest absolute Gasteiger partial charge is 0.376 e. The van der Waals surface area contributed by atoms with Crippen LogP contribution in [0.15, 0.2) is 18.2 Å². The van der Waals surface area contributed by atoms with E-state index in [0.29, 0.717) is 0 Å². The number of hydrogen-bond donors (Lipinski definition) is 1. The summed E-state index contributed by atoms with van der Waals surface area (Å²) in [5.74, 6) is -0.471. The molecule has 1 fully saturated rings. The molecule has 0 amide bonds. The molecular weight excluding hydrogens is 249 g/mol. The third-order valence-electron chi connectivity index (χ3n) is 3.29. The first-order valence-electron chi connectivity index (χ1n) is 6.49. The van der Waals surface area contributed by atoms with Gasteiger partial charge in [0, 0.05) is 24.7 Å². The monoisotopic (exact) mass is 267 g/mol. The van der Waals surface area contributed by atoms with E-state index in [2.05, 4.69) is 10.2 Å². The summed E-state index contributed by atoms with van der Waals surface area (Å²) in [6.45, 7) is 4.90. The van der Waals surface area contributed by atoms with Crippen molar-refractivity contribution in [2.75, 3.05) is 25.0 Å². The molecule has 0 radical (unpaired) electrons. The van der Waals surface area contributed by atoms with Crippen molar-refractivity contribution in [3.63, 3.8) is 0 Å². The van der Waals surface area contributed by atoms with Crippen LogP contribution in [0.1, 0.15) is 19.8 Å². The molecule has 1 saturated heterocycles. The van der Waals surface area contributed by atoms with Gasteiger partial charge in [-0.15, -0.1) is 0 Å². The van der Waals surface area contributed by atoms with E-state index in [-0.39, 0.29) is 17.4 Å². The van der Waals surface area contributed by atoms with Crippen molar-refractivity contribution in [3.8, 4) is 0 Å². The van der Waals surface area contributed by atoms with E-state index in [1.807, 2.05) is 6.92 Å². The summed E-state index contributed by atoms with van der Waals surface area (Å²) in [4.78, 5) is 12.7. The molecule has 0 aliphatic carbocycles. The molecule has 1 unspecified atom stereocenters. The van der Waals surface area contributed by atoms with Gasteiger partial charge in [0.2, 0.25) is 0 Å². The molecule has 2 rings (SSSR count). The molecule has 0 saturated carbocycles. The highest BCUT2D eigenvalue weighted by molar-refractivity contribution is 5.61. The van der Waals surface area contributed by atoms with Crippen molar-refractivity contribution in [1.82, 2.24) is 4.90 Å². The Morgan fingerprint density at radius 1 is 1.47 bits per heavy atom. The second kappa shape index (κ2) is 5.97. The zero-order chi connectivity index (χ0) is 13.8. The lowest BCUT2D eigenvalue weighted by molar-refractivity contribution is -0.384. The van der Waals surface area contributed by atoms with Gasteiger partial charge in [-0.2, -0.15) is 0 Å². The summed E-state index contributed by atoms with van der Waals surface area (Å²) in [5, 5.41) is 13.9. The average Bonchev–Trinajstić information content (AvgIpc) is 2.81. The van der Waals surface area contributed by atoms with Gasteiger partial charge in [-0.25, -0.2) is 4.39 Å². The molecular formula is C13H18FN3O2. The molecule has 104 valence electrons.